The number of anilines is 1. The molecule has 1 aliphatic rings. The number of nitrogens with one attached hydrogen (secondary N) is 1. The molecule has 3 rings (SSSR count). The molecule has 1 aliphatic heterocycles. The van der Waals surface area contributed by atoms with Crippen LogP contribution in [0.4, 0.5) is 5.69 Å². The molecule has 0 amide bonds. The van der Waals surface area contributed by atoms with Crippen LogP contribution in [-0.2, 0) is 4.74 Å². The number of benzene rings is 1. The van der Waals surface area contributed by atoms with Gasteiger partial charge in [0.25, 0.3) is 0 Å². The van der Waals surface area contributed by atoms with Crippen molar-refractivity contribution in [2.45, 2.75) is 18.2 Å². The van der Waals surface area contributed by atoms with Crippen LogP contribution in [0.3, 0.4) is 0 Å². The largest absolute Gasteiger partial charge is 0.399 e. The molecule has 20 heavy (non-hydrogen) atoms. The molecule has 1 unspecified atom stereocenters. The van der Waals surface area contributed by atoms with Crippen LogP contribution in [0, 0.1) is 0 Å². The van der Waals surface area contributed by atoms with Crippen LogP contribution in [-0.4, -0.2) is 53.0 Å². The second-order valence-electron chi connectivity index (χ2n) is 5.02. The molecule has 108 valence electrons. The van der Waals surface area contributed by atoms with Crippen molar-refractivity contribution in [2.75, 3.05) is 37.7 Å². The summed E-state index contributed by atoms with van der Waals surface area (Å²) in [5.41, 5.74) is 8.48. The molecule has 0 radical (unpaired) electrons. The number of likely N-dealkylation sites (N-methyl/N-ethyl adjacent to an activating group) is 1. The van der Waals surface area contributed by atoms with Gasteiger partial charge < -0.3 is 15.5 Å². The van der Waals surface area contributed by atoms with Gasteiger partial charge in [0.05, 0.1) is 23.7 Å². The van der Waals surface area contributed by atoms with Gasteiger partial charge in [-0.05, 0) is 24.7 Å². The number of rotatable bonds is 4. The third-order valence-electron chi connectivity index (χ3n) is 3.56. The monoisotopic (exact) mass is 292 g/mol. The molecule has 5 nitrogen and oxygen atoms in total. The highest BCUT2D eigenvalue weighted by molar-refractivity contribution is 7.99. The third-order valence-corrected chi connectivity index (χ3v) is 4.57. The van der Waals surface area contributed by atoms with Gasteiger partial charge in [-0.1, -0.05) is 18.7 Å². The molecule has 3 N–H and O–H groups in total. The van der Waals surface area contributed by atoms with Gasteiger partial charge in [-0.3, -0.25) is 4.90 Å². The minimum absolute atomic E-state index is 0.284. The summed E-state index contributed by atoms with van der Waals surface area (Å²) in [7, 11) is 0. The third kappa shape index (κ3) is 3.08. The Morgan fingerprint density at radius 3 is 3.30 bits per heavy atom. The zero-order valence-electron chi connectivity index (χ0n) is 11.6. The minimum atomic E-state index is 0.284. The first-order valence-electron chi connectivity index (χ1n) is 6.96. The summed E-state index contributed by atoms with van der Waals surface area (Å²) in [4.78, 5) is 10.3. The number of ether oxygens (including phenoxy) is 1. The summed E-state index contributed by atoms with van der Waals surface area (Å²) in [6.07, 6.45) is 0.284. The number of nitrogens with two attached hydrogens (primary N) is 1. The summed E-state index contributed by atoms with van der Waals surface area (Å²) >= 11 is 1.71. The number of H-pyrrole nitrogens is 1. The van der Waals surface area contributed by atoms with E-state index in [1.165, 1.54) is 0 Å². The Labute approximate surface area is 122 Å². The van der Waals surface area contributed by atoms with Gasteiger partial charge in [-0.2, -0.15) is 0 Å². The fraction of sp³-hybridized carbons (Fsp3) is 0.500. The lowest BCUT2D eigenvalue weighted by molar-refractivity contribution is -0.0137. The van der Waals surface area contributed by atoms with E-state index >= 15 is 0 Å². The van der Waals surface area contributed by atoms with Crippen LogP contribution in [0.5, 0.6) is 0 Å². The topological polar surface area (TPSA) is 67.2 Å². The van der Waals surface area contributed by atoms with Crippen LogP contribution in [0.1, 0.15) is 6.92 Å². The number of imidazole rings is 1. The average molecular weight is 292 g/mol. The molecule has 2 aromatic rings. The normalized spacial score (nSPS) is 20.6. The first-order valence-corrected chi connectivity index (χ1v) is 7.95. The predicted octanol–water partition coefficient (Wildman–Crippen LogP) is 1.96. The van der Waals surface area contributed by atoms with Crippen molar-refractivity contribution in [3.8, 4) is 0 Å². The highest BCUT2D eigenvalue weighted by atomic mass is 32.2. The molecular weight excluding hydrogens is 272 g/mol. The number of hydrogen-bond donors (Lipinski definition) is 2. The van der Waals surface area contributed by atoms with Crippen molar-refractivity contribution in [2.24, 2.45) is 0 Å². The van der Waals surface area contributed by atoms with Gasteiger partial charge in [0.2, 0.25) is 0 Å². The molecule has 1 aromatic heterocycles. The van der Waals surface area contributed by atoms with Crippen LogP contribution in [0.2, 0.25) is 0 Å². The van der Waals surface area contributed by atoms with E-state index in [2.05, 4.69) is 21.8 Å². The molecule has 0 aliphatic carbocycles. The summed E-state index contributed by atoms with van der Waals surface area (Å²) in [5, 5.41) is 0.933. The highest BCUT2D eigenvalue weighted by Gasteiger charge is 2.19. The fourth-order valence-corrected chi connectivity index (χ4v) is 3.30. The molecule has 1 fully saturated rings. The van der Waals surface area contributed by atoms with E-state index in [1.54, 1.807) is 11.8 Å². The number of aromatic amines is 1. The van der Waals surface area contributed by atoms with Gasteiger partial charge in [0, 0.05) is 24.5 Å². The Morgan fingerprint density at radius 1 is 1.55 bits per heavy atom. The van der Waals surface area contributed by atoms with Gasteiger partial charge in [-0.25, -0.2) is 4.98 Å². The maximum absolute atomic E-state index is 5.80. The molecule has 1 atom stereocenters. The molecule has 1 aromatic carbocycles. The lowest BCUT2D eigenvalue weighted by atomic mass is 10.3. The van der Waals surface area contributed by atoms with Crippen LogP contribution in [0.15, 0.2) is 23.4 Å². The zero-order chi connectivity index (χ0) is 13.9. The van der Waals surface area contributed by atoms with E-state index in [9.17, 15) is 0 Å². The number of morpholine rings is 1. The number of nitrogens with zero attached hydrogens (tertiary/aromatic N) is 2. The summed E-state index contributed by atoms with van der Waals surface area (Å²) in [6, 6.07) is 5.74. The van der Waals surface area contributed by atoms with Gasteiger partial charge in [0.1, 0.15) is 0 Å². The standard InChI is InChI=1S/C14H20N4OS/c1-2-18-5-6-19-11(8-18)9-20-14-16-12-4-3-10(15)7-13(12)17-14/h3-4,7,11H,2,5-6,8-9,15H2,1H3,(H,16,17). The van der Waals surface area contributed by atoms with Gasteiger partial charge in [-0.15, -0.1) is 0 Å². The van der Waals surface area contributed by atoms with Crippen molar-refractivity contribution in [1.29, 1.82) is 0 Å². The Kier molecular flexibility index (Phi) is 4.14. The fourth-order valence-electron chi connectivity index (χ4n) is 2.41. The molecular formula is C14H20N4OS. The predicted molar refractivity (Wildman–Crippen MR) is 83.1 cm³/mol. The molecule has 0 spiro atoms. The maximum atomic E-state index is 5.80. The second kappa shape index (κ2) is 6.03. The average Bonchev–Trinajstić information content (AvgIpc) is 2.87. The van der Waals surface area contributed by atoms with Crippen LogP contribution < -0.4 is 5.73 Å². The van der Waals surface area contributed by atoms with E-state index in [-0.39, 0.29) is 6.10 Å². The molecule has 6 heteroatoms. The van der Waals surface area contributed by atoms with Crippen molar-refractivity contribution in [1.82, 2.24) is 14.9 Å². The Balaban J connectivity index is 1.62. The Bertz CT molecular complexity index is 586. The summed E-state index contributed by atoms with van der Waals surface area (Å²) < 4.78 is 5.80. The zero-order valence-corrected chi connectivity index (χ0v) is 12.4. The minimum Gasteiger partial charge on any atom is -0.399 e. The summed E-state index contributed by atoms with van der Waals surface area (Å²) in [6.45, 7) is 6.17. The Morgan fingerprint density at radius 2 is 2.45 bits per heavy atom. The van der Waals surface area contributed by atoms with Crippen molar-refractivity contribution in [3.05, 3.63) is 18.2 Å². The number of hydrogen-bond acceptors (Lipinski definition) is 5. The van der Waals surface area contributed by atoms with Gasteiger partial charge in [0.15, 0.2) is 5.16 Å². The molecule has 2 heterocycles. The molecule has 0 saturated carbocycles. The Hall–Kier alpha value is -1.24. The molecule has 1 saturated heterocycles. The molecule has 0 bridgehead atoms. The van der Waals surface area contributed by atoms with E-state index in [4.69, 9.17) is 10.5 Å². The first kappa shape index (κ1) is 13.7. The lowest BCUT2D eigenvalue weighted by Gasteiger charge is -2.31. The smallest absolute Gasteiger partial charge is 0.166 e. The lowest BCUT2D eigenvalue weighted by Crippen LogP contribution is -2.43. The van der Waals surface area contributed by atoms with E-state index in [0.717, 1.165) is 53.9 Å². The van der Waals surface area contributed by atoms with Gasteiger partial charge >= 0.3 is 0 Å². The van der Waals surface area contributed by atoms with Crippen molar-refractivity contribution >= 4 is 28.5 Å². The first-order chi connectivity index (χ1) is 9.74. The van der Waals surface area contributed by atoms with Crippen LogP contribution >= 0.6 is 11.8 Å². The second-order valence-corrected chi connectivity index (χ2v) is 6.02. The number of nitrogen functional groups attached to an aromatic ring is 1. The highest BCUT2D eigenvalue weighted by Crippen LogP contribution is 2.23. The van der Waals surface area contributed by atoms with Crippen molar-refractivity contribution < 1.29 is 4.74 Å². The maximum Gasteiger partial charge on any atom is 0.166 e. The quantitative estimate of drug-likeness (QED) is 0.666. The van der Waals surface area contributed by atoms with Crippen molar-refractivity contribution in [3.63, 3.8) is 0 Å². The van der Waals surface area contributed by atoms with E-state index in [1.807, 2.05) is 18.2 Å². The van der Waals surface area contributed by atoms with Crippen LogP contribution in [0.25, 0.3) is 11.0 Å². The van der Waals surface area contributed by atoms with E-state index < -0.39 is 0 Å². The number of fused-ring (bicyclic) bond motifs is 1. The SMILES string of the molecule is CCN1CCOC(CSc2nc3ccc(N)cc3[nH]2)C1. The number of aromatic nitrogens is 2. The van der Waals surface area contributed by atoms with E-state index in [0.29, 0.717) is 0 Å². The number of thioether (sulfide) groups is 1. The summed E-state index contributed by atoms with van der Waals surface area (Å²) in [5.74, 6) is 0.922.